The maximum atomic E-state index is 14.6. The number of ketones is 1. The number of fused-ring (bicyclic) bond motifs is 1. The molecule has 1 heterocycles. The van der Waals surface area contributed by atoms with E-state index in [1.807, 2.05) is 25.3 Å². The Morgan fingerprint density at radius 1 is 1.25 bits per heavy atom. The molecule has 3 rings (SSSR count). The van der Waals surface area contributed by atoms with Crippen molar-refractivity contribution in [3.8, 4) is 16.9 Å². The molecule has 1 N–H and O–H groups in total. The van der Waals surface area contributed by atoms with E-state index in [1.54, 1.807) is 17.8 Å². The fourth-order valence-corrected chi connectivity index (χ4v) is 3.76. The minimum atomic E-state index is -0.393. The third-order valence-electron chi connectivity index (χ3n) is 4.77. The average Bonchev–Trinajstić information content (AvgIpc) is 3.07. The van der Waals surface area contributed by atoms with Crippen molar-refractivity contribution in [1.29, 1.82) is 0 Å². The third kappa shape index (κ3) is 4.55. The van der Waals surface area contributed by atoms with Gasteiger partial charge in [0.1, 0.15) is 17.7 Å². The highest BCUT2D eigenvalue weighted by Gasteiger charge is 2.27. The van der Waals surface area contributed by atoms with Gasteiger partial charge in [0.25, 0.3) is 0 Å². The third-order valence-corrected chi connectivity index (χ3v) is 5.38. The van der Waals surface area contributed by atoms with E-state index in [0.29, 0.717) is 41.8 Å². The SMILES string of the molecule is CSCCC(=O)NCC1Cc2cc(C)cc(-c3cc(C(C)=O)ccc3F)c2O1. The summed E-state index contributed by atoms with van der Waals surface area (Å²) in [5, 5.41) is 2.91. The van der Waals surface area contributed by atoms with Gasteiger partial charge in [0, 0.05) is 35.3 Å². The quantitative estimate of drug-likeness (QED) is 0.708. The topological polar surface area (TPSA) is 55.4 Å². The van der Waals surface area contributed by atoms with Gasteiger partial charge in [-0.1, -0.05) is 6.07 Å². The van der Waals surface area contributed by atoms with Gasteiger partial charge in [-0.05, 0) is 55.5 Å². The average molecular weight is 402 g/mol. The first-order valence-corrected chi connectivity index (χ1v) is 10.6. The Bertz CT molecular complexity index is 913. The number of amides is 1. The summed E-state index contributed by atoms with van der Waals surface area (Å²) in [6.45, 7) is 3.83. The van der Waals surface area contributed by atoms with Crippen molar-refractivity contribution in [2.75, 3.05) is 18.6 Å². The molecule has 1 atom stereocenters. The van der Waals surface area contributed by atoms with Crippen LogP contribution in [-0.4, -0.2) is 36.3 Å². The van der Waals surface area contributed by atoms with Crippen LogP contribution >= 0.6 is 11.8 Å². The molecule has 28 heavy (non-hydrogen) atoms. The molecule has 0 aromatic heterocycles. The van der Waals surface area contributed by atoms with Gasteiger partial charge >= 0.3 is 0 Å². The van der Waals surface area contributed by atoms with E-state index in [0.717, 1.165) is 16.9 Å². The standard InChI is InChI=1S/C22H24FNO3S/c1-13-8-16-10-17(12-24-21(26)6-7-28-3)27-22(16)19(9-13)18-11-15(14(2)25)4-5-20(18)23/h4-5,8-9,11,17H,6-7,10,12H2,1-3H3,(H,24,26). The van der Waals surface area contributed by atoms with E-state index in [2.05, 4.69) is 5.32 Å². The zero-order chi connectivity index (χ0) is 20.3. The predicted molar refractivity (Wildman–Crippen MR) is 111 cm³/mol. The minimum Gasteiger partial charge on any atom is -0.487 e. The van der Waals surface area contributed by atoms with Gasteiger partial charge in [0.15, 0.2) is 5.78 Å². The lowest BCUT2D eigenvalue weighted by Crippen LogP contribution is -2.34. The smallest absolute Gasteiger partial charge is 0.220 e. The zero-order valence-electron chi connectivity index (χ0n) is 16.3. The molecule has 4 nitrogen and oxygen atoms in total. The molecule has 0 bridgehead atoms. The summed E-state index contributed by atoms with van der Waals surface area (Å²) in [5.74, 6) is 0.916. The van der Waals surface area contributed by atoms with Crippen LogP contribution in [0, 0.1) is 12.7 Å². The van der Waals surface area contributed by atoms with Crippen LogP contribution in [-0.2, 0) is 11.2 Å². The number of hydrogen-bond donors (Lipinski definition) is 1. The fraction of sp³-hybridized carbons (Fsp3) is 0.364. The highest BCUT2D eigenvalue weighted by Crippen LogP contribution is 2.41. The number of ether oxygens (including phenoxy) is 1. The first-order chi connectivity index (χ1) is 13.4. The van der Waals surface area contributed by atoms with E-state index in [1.165, 1.54) is 19.1 Å². The Balaban J connectivity index is 1.84. The van der Waals surface area contributed by atoms with Gasteiger partial charge in [-0.3, -0.25) is 9.59 Å². The highest BCUT2D eigenvalue weighted by atomic mass is 32.2. The van der Waals surface area contributed by atoms with Gasteiger partial charge in [-0.25, -0.2) is 4.39 Å². The number of carbonyl (C=O) groups excluding carboxylic acids is 2. The molecule has 148 valence electrons. The van der Waals surface area contributed by atoms with Crippen molar-refractivity contribution in [3.05, 3.63) is 52.8 Å². The summed E-state index contributed by atoms with van der Waals surface area (Å²) >= 11 is 1.63. The van der Waals surface area contributed by atoms with Crippen molar-refractivity contribution < 1.29 is 18.7 Å². The van der Waals surface area contributed by atoms with Crippen LogP contribution in [0.1, 0.15) is 34.8 Å². The number of benzene rings is 2. The number of halogens is 1. The van der Waals surface area contributed by atoms with Crippen LogP contribution in [0.3, 0.4) is 0 Å². The Kier molecular flexibility index (Phi) is 6.39. The molecule has 0 fully saturated rings. The molecular weight excluding hydrogens is 377 g/mol. The molecule has 0 spiro atoms. The first-order valence-electron chi connectivity index (χ1n) is 9.25. The number of thioether (sulfide) groups is 1. The van der Waals surface area contributed by atoms with E-state index in [-0.39, 0.29) is 17.8 Å². The number of aryl methyl sites for hydroxylation is 1. The summed E-state index contributed by atoms with van der Waals surface area (Å²) in [6, 6.07) is 8.29. The fourth-order valence-electron chi connectivity index (χ4n) is 3.37. The second kappa shape index (κ2) is 8.78. The van der Waals surface area contributed by atoms with Crippen LogP contribution < -0.4 is 10.1 Å². The van der Waals surface area contributed by atoms with E-state index >= 15 is 0 Å². The Morgan fingerprint density at radius 2 is 2.04 bits per heavy atom. The summed E-state index contributed by atoms with van der Waals surface area (Å²) in [6.07, 6.45) is 2.91. The molecule has 6 heteroatoms. The number of Topliss-reactive ketones (excluding diaryl/α,β-unsaturated/α-hetero) is 1. The summed E-state index contributed by atoms with van der Waals surface area (Å²) in [4.78, 5) is 23.6. The van der Waals surface area contributed by atoms with Crippen LogP contribution in [0.15, 0.2) is 30.3 Å². The Morgan fingerprint density at radius 3 is 2.75 bits per heavy atom. The molecule has 2 aromatic carbocycles. The van der Waals surface area contributed by atoms with Gasteiger partial charge in [-0.15, -0.1) is 0 Å². The molecular formula is C22H24FNO3S. The summed E-state index contributed by atoms with van der Waals surface area (Å²) in [5.41, 5.74) is 3.45. The van der Waals surface area contributed by atoms with Crippen LogP contribution in [0.5, 0.6) is 5.75 Å². The molecule has 0 radical (unpaired) electrons. The van der Waals surface area contributed by atoms with Crippen molar-refractivity contribution in [2.24, 2.45) is 0 Å². The molecule has 1 unspecified atom stereocenters. The predicted octanol–water partition coefficient (Wildman–Crippen LogP) is 4.18. The van der Waals surface area contributed by atoms with E-state index < -0.39 is 5.82 Å². The van der Waals surface area contributed by atoms with E-state index in [9.17, 15) is 14.0 Å². The molecule has 1 aliphatic rings. The molecule has 0 saturated heterocycles. The minimum absolute atomic E-state index is 0.00511. The molecule has 1 amide bonds. The van der Waals surface area contributed by atoms with E-state index in [4.69, 9.17) is 4.74 Å². The van der Waals surface area contributed by atoms with Crippen molar-refractivity contribution >= 4 is 23.5 Å². The maximum Gasteiger partial charge on any atom is 0.220 e. The molecule has 0 saturated carbocycles. The lowest BCUT2D eigenvalue weighted by molar-refractivity contribution is -0.121. The second-order valence-electron chi connectivity index (χ2n) is 7.04. The second-order valence-corrected chi connectivity index (χ2v) is 8.03. The van der Waals surface area contributed by atoms with Crippen LogP contribution in [0.4, 0.5) is 4.39 Å². The Labute approximate surface area is 168 Å². The summed E-state index contributed by atoms with van der Waals surface area (Å²) < 4.78 is 20.6. The monoisotopic (exact) mass is 401 g/mol. The van der Waals surface area contributed by atoms with Crippen LogP contribution in [0.25, 0.3) is 11.1 Å². The number of carbonyl (C=O) groups is 2. The van der Waals surface area contributed by atoms with Gasteiger partial charge in [0.05, 0.1) is 6.54 Å². The number of nitrogens with one attached hydrogen (secondary N) is 1. The molecule has 0 aliphatic carbocycles. The first kappa shape index (κ1) is 20.4. The largest absolute Gasteiger partial charge is 0.487 e. The zero-order valence-corrected chi connectivity index (χ0v) is 17.1. The lowest BCUT2D eigenvalue weighted by Gasteiger charge is -2.15. The van der Waals surface area contributed by atoms with Crippen molar-refractivity contribution in [1.82, 2.24) is 5.32 Å². The number of hydrogen-bond acceptors (Lipinski definition) is 4. The highest BCUT2D eigenvalue weighted by molar-refractivity contribution is 7.98. The lowest BCUT2D eigenvalue weighted by atomic mass is 9.95. The van der Waals surface area contributed by atoms with Crippen LogP contribution in [0.2, 0.25) is 0 Å². The van der Waals surface area contributed by atoms with Gasteiger partial charge in [-0.2, -0.15) is 11.8 Å². The van der Waals surface area contributed by atoms with Crippen molar-refractivity contribution in [3.63, 3.8) is 0 Å². The molecule has 1 aliphatic heterocycles. The number of rotatable bonds is 7. The summed E-state index contributed by atoms with van der Waals surface area (Å²) in [7, 11) is 0. The Hall–Kier alpha value is -2.34. The van der Waals surface area contributed by atoms with Gasteiger partial charge in [0.2, 0.25) is 5.91 Å². The van der Waals surface area contributed by atoms with Gasteiger partial charge < -0.3 is 10.1 Å². The molecule has 2 aromatic rings. The normalized spacial score (nSPS) is 15.1. The maximum absolute atomic E-state index is 14.6. The van der Waals surface area contributed by atoms with Crippen molar-refractivity contribution in [2.45, 2.75) is 32.8 Å².